The van der Waals surface area contributed by atoms with Crippen LogP contribution in [0.25, 0.3) is 0 Å². The molecule has 0 aliphatic carbocycles. The molecule has 16 heavy (non-hydrogen) atoms. The molecule has 2 rings (SSSR count). The quantitative estimate of drug-likeness (QED) is 0.733. The molecule has 0 radical (unpaired) electrons. The minimum atomic E-state index is 0.810. The number of hydrogen-bond acceptors (Lipinski definition) is 3. The maximum atomic E-state index is 5.12. The average molecular weight is 212 g/mol. The molecule has 3 heteroatoms. The van der Waals surface area contributed by atoms with Gasteiger partial charge < -0.3 is 4.74 Å². The van der Waals surface area contributed by atoms with E-state index < -0.39 is 0 Å². The third-order valence-corrected chi connectivity index (χ3v) is 2.12. The predicted molar refractivity (Wildman–Crippen MR) is 64.5 cm³/mol. The molecule has 0 N–H and O–H groups in total. The first-order chi connectivity index (χ1) is 7.88. The highest BCUT2D eigenvalue weighted by molar-refractivity contribution is 5.81. The second-order valence-corrected chi connectivity index (χ2v) is 3.24. The maximum Gasteiger partial charge on any atom is 0.121 e. The highest BCUT2D eigenvalue weighted by Crippen LogP contribution is 2.19. The van der Waals surface area contributed by atoms with E-state index in [-0.39, 0.29) is 0 Å². The number of pyridine rings is 1. The van der Waals surface area contributed by atoms with Gasteiger partial charge in [0.1, 0.15) is 5.75 Å². The summed E-state index contributed by atoms with van der Waals surface area (Å²) in [5.74, 6) is 0.810. The summed E-state index contributed by atoms with van der Waals surface area (Å²) in [6, 6.07) is 11.4. The Kier molecular flexibility index (Phi) is 3.28. The van der Waals surface area contributed by atoms with E-state index in [1.807, 2.05) is 36.4 Å². The summed E-state index contributed by atoms with van der Waals surface area (Å²) in [6.07, 6.45) is 5.29. The molecule has 0 atom stereocenters. The molecule has 3 nitrogen and oxygen atoms in total. The van der Waals surface area contributed by atoms with Crippen LogP contribution in [-0.2, 0) is 0 Å². The van der Waals surface area contributed by atoms with Crippen molar-refractivity contribution in [3.63, 3.8) is 0 Å². The summed E-state index contributed by atoms with van der Waals surface area (Å²) in [6.45, 7) is 0. The molecule has 1 aromatic carbocycles. The van der Waals surface area contributed by atoms with Crippen LogP contribution in [0.5, 0.6) is 5.75 Å². The molecule has 0 aliphatic heterocycles. The molecule has 0 amide bonds. The normalized spacial score (nSPS) is 10.6. The zero-order chi connectivity index (χ0) is 11.2. The minimum absolute atomic E-state index is 0.810. The molecule has 0 saturated heterocycles. The highest BCUT2D eigenvalue weighted by atomic mass is 16.5. The number of methoxy groups -OCH3 is 1. The topological polar surface area (TPSA) is 34.5 Å². The van der Waals surface area contributed by atoms with Gasteiger partial charge in [-0.15, -0.1) is 0 Å². The lowest BCUT2D eigenvalue weighted by Gasteiger charge is -1.99. The number of rotatable bonds is 3. The molecule has 0 fully saturated rings. The molecule has 1 aromatic heterocycles. The Morgan fingerprint density at radius 3 is 2.75 bits per heavy atom. The monoisotopic (exact) mass is 212 g/mol. The van der Waals surface area contributed by atoms with Crippen LogP contribution in [0.4, 0.5) is 5.69 Å². The Hall–Kier alpha value is -2.16. The highest BCUT2D eigenvalue weighted by Gasteiger charge is 1.92. The lowest BCUT2D eigenvalue weighted by molar-refractivity contribution is 0.415. The fraction of sp³-hybridized carbons (Fsp3) is 0.0769. The van der Waals surface area contributed by atoms with Gasteiger partial charge in [0, 0.05) is 24.7 Å². The Labute approximate surface area is 94.4 Å². The van der Waals surface area contributed by atoms with Crippen LogP contribution in [-0.4, -0.2) is 18.3 Å². The first-order valence-corrected chi connectivity index (χ1v) is 4.96. The van der Waals surface area contributed by atoms with Crippen molar-refractivity contribution in [2.45, 2.75) is 0 Å². The lowest BCUT2D eigenvalue weighted by Crippen LogP contribution is -1.82. The van der Waals surface area contributed by atoms with Crippen LogP contribution in [0.2, 0.25) is 0 Å². The van der Waals surface area contributed by atoms with Gasteiger partial charge in [0.2, 0.25) is 0 Å². The van der Waals surface area contributed by atoms with Crippen LogP contribution < -0.4 is 4.74 Å². The van der Waals surface area contributed by atoms with Crippen molar-refractivity contribution in [1.82, 2.24) is 4.98 Å². The van der Waals surface area contributed by atoms with E-state index in [0.717, 1.165) is 17.0 Å². The fourth-order valence-corrected chi connectivity index (χ4v) is 1.29. The molecule has 0 bridgehead atoms. The molecule has 2 aromatic rings. The van der Waals surface area contributed by atoms with E-state index in [0.29, 0.717) is 0 Å². The van der Waals surface area contributed by atoms with Gasteiger partial charge in [0.15, 0.2) is 0 Å². The largest absolute Gasteiger partial charge is 0.497 e. The van der Waals surface area contributed by atoms with Gasteiger partial charge in [0.05, 0.1) is 12.8 Å². The first kappa shape index (κ1) is 10.4. The number of benzene rings is 1. The third kappa shape index (κ3) is 2.67. The van der Waals surface area contributed by atoms with Crippen molar-refractivity contribution in [1.29, 1.82) is 0 Å². The molecule has 1 heterocycles. The second kappa shape index (κ2) is 5.07. The number of aromatic nitrogens is 1. The van der Waals surface area contributed by atoms with E-state index in [4.69, 9.17) is 4.74 Å². The SMILES string of the molecule is COc1cccc(/N=C/c2ccncc2)c1. The summed E-state index contributed by atoms with van der Waals surface area (Å²) in [7, 11) is 1.64. The van der Waals surface area contributed by atoms with Crippen molar-refractivity contribution < 1.29 is 4.74 Å². The number of hydrogen-bond donors (Lipinski definition) is 0. The van der Waals surface area contributed by atoms with Crippen LogP contribution in [0.15, 0.2) is 53.8 Å². The van der Waals surface area contributed by atoms with Crippen LogP contribution >= 0.6 is 0 Å². The van der Waals surface area contributed by atoms with Gasteiger partial charge in [-0.1, -0.05) is 6.07 Å². The predicted octanol–water partition coefficient (Wildman–Crippen LogP) is 2.84. The zero-order valence-corrected chi connectivity index (χ0v) is 9.00. The standard InChI is InChI=1S/C13H12N2O/c1-16-13-4-2-3-12(9-13)15-10-11-5-7-14-8-6-11/h2-10H,1H3/b15-10+. The van der Waals surface area contributed by atoms with Gasteiger partial charge in [-0.05, 0) is 29.8 Å². The molecule has 80 valence electrons. The van der Waals surface area contributed by atoms with Gasteiger partial charge in [0.25, 0.3) is 0 Å². The molecule has 0 spiro atoms. The minimum Gasteiger partial charge on any atom is -0.497 e. The molecular formula is C13H12N2O. The van der Waals surface area contributed by atoms with Gasteiger partial charge in [-0.3, -0.25) is 9.98 Å². The summed E-state index contributed by atoms with van der Waals surface area (Å²) in [5.41, 5.74) is 1.90. The summed E-state index contributed by atoms with van der Waals surface area (Å²) < 4.78 is 5.12. The van der Waals surface area contributed by atoms with Crippen molar-refractivity contribution in [2.75, 3.05) is 7.11 Å². The van der Waals surface area contributed by atoms with Crippen molar-refractivity contribution in [2.24, 2.45) is 4.99 Å². The van der Waals surface area contributed by atoms with E-state index in [2.05, 4.69) is 9.98 Å². The van der Waals surface area contributed by atoms with E-state index >= 15 is 0 Å². The molecular weight excluding hydrogens is 200 g/mol. The summed E-state index contributed by atoms with van der Waals surface area (Å²) in [5, 5.41) is 0. The van der Waals surface area contributed by atoms with Crippen molar-refractivity contribution in [3.05, 3.63) is 54.4 Å². The molecule has 0 saturated carbocycles. The van der Waals surface area contributed by atoms with Crippen LogP contribution in [0.1, 0.15) is 5.56 Å². The third-order valence-electron chi connectivity index (χ3n) is 2.12. The van der Waals surface area contributed by atoms with Crippen molar-refractivity contribution in [3.8, 4) is 5.75 Å². The van der Waals surface area contributed by atoms with Gasteiger partial charge in [-0.2, -0.15) is 0 Å². The zero-order valence-electron chi connectivity index (χ0n) is 9.00. The van der Waals surface area contributed by atoms with Gasteiger partial charge in [-0.25, -0.2) is 0 Å². The number of nitrogens with zero attached hydrogens (tertiary/aromatic N) is 2. The average Bonchev–Trinajstić information content (AvgIpc) is 2.38. The Balaban J connectivity index is 2.17. The Morgan fingerprint density at radius 1 is 1.19 bits per heavy atom. The van der Waals surface area contributed by atoms with Crippen molar-refractivity contribution >= 4 is 11.9 Å². The fourth-order valence-electron chi connectivity index (χ4n) is 1.29. The number of ether oxygens (including phenoxy) is 1. The second-order valence-electron chi connectivity index (χ2n) is 3.24. The van der Waals surface area contributed by atoms with E-state index in [1.165, 1.54) is 0 Å². The molecule has 0 aliphatic rings. The summed E-state index contributed by atoms with van der Waals surface area (Å²) in [4.78, 5) is 8.30. The number of aliphatic imine (C=N–C) groups is 1. The van der Waals surface area contributed by atoms with Crippen LogP contribution in [0.3, 0.4) is 0 Å². The first-order valence-electron chi connectivity index (χ1n) is 4.96. The smallest absolute Gasteiger partial charge is 0.121 e. The maximum absolute atomic E-state index is 5.12. The van der Waals surface area contributed by atoms with E-state index in [9.17, 15) is 0 Å². The van der Waals surface area contributed by atoms with Gasteiger partial charge >= 0.3 is 0 Å². The Bertz CT molecular complexity index is 480. The summed E-state index contributed by atoms with van der Waals surface area (Å²) >= 11 is 0. The lowest BCUT2D eigenvalue weighted by atomic mass is 10.3. The molecule has 0 unspecified atom stereocenters. The van der Waals surface area contributed by atoms with Crippen LogP contribution in [0, 0.1) is 0 Å². The Morgan fingerprint density at radius 2 is 2.00 bits per heavy atom. The van der Waals surface area contributed by atoms with E-state index in [1.54, 1.807) is 25.7 Å².